The highest BCUT2D eigenvalue weighted by molar-refractivity contribution is 7.92. The Labute approximate surface area is 106 Å². The lowest BCUT2D eigenvalue weighted by molar-refractivity contribution is 0.0667. The van der Waals surface area contributed by atoms with E-state index in [-0.39, 0.29) is 22.3 Å². The molecule has 1 fully saturated rings. The van der Waals surface area contributed by atoms with Crippen molar-refractivity contribution in [2.75, 3.05) is 5.75 Å². The Morgan fingerprint density at radius 3 is 2.29 bits per heavy atom. The van der Waals surface area contributed by atoms with Crippen LogP contribution in [0.4, 0.5) is 0 Å². The summed E-state index contributed by atoms with van der Waals surface area (Å²) in [5.41, 5.74) is 0.0348. The molecule has 3 atom stereocenters. The smallest absolute Gasteiger partial charge is 0.153 e. The van der Waals surface area contributed by atoms with Gasteiger partial charge in [-0.2, -0.15) is 0 Å². The lowest BCUT2D eigenvalue weighted by Gasteiger charge is -2.43. The summed E-state index contributed by atoms with van der Waals surface area (Å²) in [7, 11) is -3.06. The molecule has 0 spiro atoms. The standard InChI is InChI=1S/C13H26O3S/c1-5-13(3,4)11-8-7-10(14)9-12(11)17(15,16)6-2/h10-12,14H,5-9H2,1-4H3. The van der Waals surface area contributed by atoms with Crippen LogP contribution in [0, 0.1) is 11.3 Å². The van der Waals surface area contributed by atoms with Crippen LogP contribution in [0.2, 0.25) is 0 Å². The van der Waals surface area contributed by atoms with Crippen molar-refractivity contribution in [2.45, 2.75) is 64.7 Å². The van der Waals surface area contributed by atoms with E-state index >= 15 is 0 Å². The van der Waals surface area contributed by atoms with E-state index in [2.05, 4.69) is 20.8 Å². The molecule has 0 radical (unpaired) electrons. The Hall–Kier alpha value is -0.0900. The number of rotatable bonds is 4. The molecule has 1 rings (SSSR count). The molecule has 3 nitrogen and oxygen atoms in total. The summed E-state index contributed by atoms with van der Waals surface area (Å²) in [5.74, 6) is 0.363. The van der Waals surface area contributed by atoms with Crippen molar-refractivity contribution < 1.29 is 13.5 Å². The molecular weight excluding hydrogens is 236 g/mol. The third kappa shape index (κ3) is 3.22. The highest BCUT2D eigenvalue weighted by Gasteiger charge is 2.43. The molecule has 1 aliphatic carbocycles. The van der Waals surface area contributed by atoms with Crippen LogP contribution in [-0.4, -0.2) is 30.6 Å². The van der Waals surface area contributed by atoms with Crippen molar-refractivity contribution >= 4 is 9.84 Å². The Morgan fingerprint density at radius 1 is 1.24 bits per heavy atom. The van der Waals surface area contributed by atoms with Gasteiger partial charge >= 0.3 is 0 Å². The lowest BCUT2D eigenvalue weighted by atomic mass is 9.69. The minimum Gasteiger partial charge on any atom is -0.393 e. The highest BCUT2D eigenvalue weighted by atomic mass is 32.2. The summed E-state index contributed by atoms with van der Waals surface area (Å²) >= 11 is 0. The first-order chi connectivity index (χ1) is 7.74. The van der Waals surface area contributed by atoms with Gasteiger partial charge in [0.15, 0.2) is 9.84 Å². The van der Waals surface area contributed by atoms with E-state index in [1.165, 1.54) is 0 Å². The fourth-order valence-corrected chi connectivity index (χ4v) is 4.82. The Balaban J connectivity index is 3.02. The molecule has 1 N–H and O–H groups in total. The van der Waals surface area contributed by atoms with E-state index in [4.69, 9.17) is 0 Å². The second-order valence-electron chi connectivity index (χ2n) is 5.91. The summed E-state index contributed by atoms with van der Waals surface area (Å²) in [6.45, 7) is 8.11. The third-order valence-corrected chi connectivity index (χ3v) is 6.79. The Bertz CT molecular complexity index is 346. The number of hydrogen-bond acceptors (Lipinski definition) is 3. The van der Waals surface area contributed by atoms with Crippen LogP contribution in [0.5, 0.6) is 0 Å². The largest absolute Gasteiger partial charge is 0.393 e. The molecule has 0 bridgehead atoms. The van der Waals surface area contributed by atoms with Crippen LogP contribution in [-0.2, 0) is 9.84 Å². The molecule has 0 heterocycles. The van der Waals surface area contributed by atoms with Gasteiger partial charge in [0.25, 0.3) is 0 Å². The van der Waals surface area contributed by atoms with Gasteiger partial charge < -0.3 is 5.11 Å². The van der Waals surface area contributed by atoms with Crippen molar-refractivity contribution in [1.29, 1.82) is 0 Å². The zero-order valence-corrected chi connectivity index (χ0v) is 12.3. The molecule has 0 aliphatic heterocycles. The highest BCUT2D eigenvalue weighted by Crippen LogP contribution is 2.43. The molecule has 4 heteroatoms. The quantitative estimate of drug-likeness (QED) is 0.846. The van der Waals surface area contributed by atoms with Gasteiger partial charge in [-0.1, -0.05) is 34.1 Å². The normalized spacial score (nSPS) is 31.5. The first-order valence-corrected chi connectivity index (χ1v) is 8.35. The number of aliphatic hydroxyl groups is 1. The van der Waals surface area contributed by atoms with Gasteiger partial charge in [0.05, 0.1) is 11.4 Å². The van der Waals surface area contributed by atoms with Crippen LogP contribution >= 0.6 is 0 Å². The average Bonchev–Trinajstić information content (AvgIpc) is 2.28. The molecule has 102 valence electrons. The summed E-state index contributed by atoms with van der Waals surface area (Å²) in [6, 6.07) is 0. The van der Waals surface area contributed by atoms with E-state index in [9.17, 15) is 13.5 Å². The van der Waals surface area contributed by atoms with Crippen molar-refractivity contribution in [3.05, 3.63) is 0 Å². The van der Waals surface area contributed by atoms with Crippen LogP contribution < -0.4 is 0 Å². The summed E-state index contributed by atoms with van der Waals surface area (Å²) < 4.78 is 24.3. The van der Waals surface area contributed by atoms with Crippen LogP contribution in [0.25, 0.3) is 0 Å². The van der Waals surface area contributed by atoms with Crippen LogP contribution in [0.3, 0.4) is 0 Å². The topological polar surface area (TPSA) is 54.4 Å². The van der Waals surface area contributed by atoms with E-state index in [1.807, 2.05) is 0 Å². The maximum Gasteiger partial charge on any atom is 0.153 e. The Kier molecular flexibility index (Phi) is 4.64. The fraction of sp³-hybridized carbons (Fsp3) is 1.00. The first kappa shape index (κ1) is 15.0. The number of hydrogen-bond donors (Lipinski definition) is 1. The summed E-state index contributed by atoms with van der Waals surface area (Å²) in [6.07, 6.45) is 2.52. The van der Waals surface area contributed by atoms with Crippen molar-refractivity contribution in [2.24, 2.45) is 11.3 Å². The molecule has 17 heavy (non-hydrogen) atoms. The van der Waals surface area contributed by atoms with Gasteiger partial charge in [0, 0.05) is 5.75 Å². The van der Waals surface area contributed by atoms with E-state index < -0.39 is 15.9 Å². The molecular formula is C13H26O3S. The number of aliphatic hydroxyl groups excluding tert-OH is 1. The first-order valence-electron chi connectivity index (χ1n) is 6.64. The van der Waals surface area contributed by atoms with E-state index in [0.29, 0.717) is 6.42 Å². The zero-order chi connectivity index (χ0) is 13.3. The SMILES string of the molecule is CCC(C)(C)C1CCC(O)CC1S(=O)(=O)CC. The molecule has 1 aliphatic rings. The van der Waals surface area contributed by atoms with Gasteiger partial charge in [-0.15, -0.1) is 0 Å². The maximum atomic E-state index is 12.2. The Morgan fingerprint density at radius 2 is 1.82 bits per heavy atom. The average molecular weight is 262 g/mol. The van der Waals surface area contributed by atoms with Crippen LogP contribution in [0.15, 0.2) is 0 Å². The third-order valence-electron chi connectivity index (χ3n) is 4.54. The van der Waals surface area contributed by atoms with Gasteiger partial charge in [-0.25, -0.2) is 8.42 Å². The summed E-state index contributed by atoms with van der Waals surface area (Å²) in [4.78, 5) is 0. The van der Waals surface area contributed by atoms with Gasteiger partial charge in [-0.3, -0.25) is 0 Å². The van der Waals surface area contributed by atoms with Crippen molar-refractivity contribution in [3.8, 4) is 0 Å². The lowest BCUT2D eigenvalue weighted by Crippen LogP contribution is -2.45. The minimum atomic E-state index is -3.06. The zero-order valence-electron chi connectivity index (χ0n) is 11.4. The van der Waals surface area contributed by atoms with E-state index in [0.717, 1.165) is 19.3 Å². The molecule has 1 saturated carbocycles. The van der Waals surface area contributed by atoms with Gasteiger partial charge in [-0.05, 0) is 30.6 Å². The number of sulfone groups is 1. The minimum absolute atomic E-state index is 0.0348. The molecule has 0 aromatic carbocycles. The molecule has 0 amide bonds. The molecule has 0 aromatic heterocycles. The van der Waals surface area contributed by atoms with Gasteiger partial charge in [0.2, 0.25) is 0 Å². The molecule has 0 saturated heterocycles. The fourth-order valence-electron chi connectivity index (χ4n) is 2.88. The maximum absolute atomic E-state index is 12.2. The van der Waals surface area contributed by atoms with Crippen molar-refractivity contribution in [3.63, 3.8) is 0 Å². The van der Waals surface area contributed by atoms with Gasteiger partial charge in [0.1, 0.15) is 0 Å². The predicted octanol–water partition coefficient (Wildman–Crippen LogP) is 2.39. The van der Waals surface area contributed by atoms with Crippen molar-refractivity contribution in [1.82, 2.24) is 0 Å². The van der Waals surface area contributed by atoms with Crippen LogP contribution in [0.1, 0.15) is 53.4 Å². The molecule has 3 unspecified atom stereocenters. The van der Waals surface area contributed by atoms with E-state index in [1.54, 1.807) is 6.92 Å². The molecule has 0 aromatic rings. The second kappa shape index (κ2) is 5.27. The second-order valence-corrected chi connectivity index (χ2v) is 8.41. The summed E-state index contributed by atoms with van der Waals surface area (Å²) in [5, 5.41) is 9.37. The predicted molar refractivity (Wildman–Crippen MR) is 70.7 cm³/mol. The monoisotopic (exact) mass is 262 g/mol.